The zero-order valence-corrected chi connectivity index (χ0v) is 11.7. The van der Waals surface area contributed by atoms with Gasteiger partial charge in [0.25, 0.3) is 0 Å². The lowest BCUT2D eigenvalue weighted by Gasteiger charge is -2.14. The molecule has 0 aliphatic heterocycles. The number of nitrogens with two attached hydrogens (primary N) is 1. The number of carbonyl (C=O) groups excluding carboxylic acids is 1. The predicted octanol–water partition coefficient (Wildman–Crippen LogP) is 3.13. The third-order valence-electron chi connectivity index (χ3n) is 3.05. The van der Waals surface area contributed by atoms with Gasteiger partial charge in [-0.25, -0.2) is 0 Å². The Bertz CT molecular complexity index is 572. The first-order valence-electron chi connectivity index (χ1n) is 6.37. The molecule has 2 aromatic rings. The molecule has 2 rings (SSSR count). The second-order valence-corrected chi connectivity index (χ2v) is 4.81. The van der Waals surface area contributed by atoms with Gasteiger partial charge in [0.2, 0.25) is 0 Å². The van der Waals surface area contributed by atoms with E-state index >= 15 is 0 Å². The van der Waals surface area contributed by atoms with E-state index in [2.05, 4.69) is 0 Å². The van der Waals surface area contributed by atoms with Gasteiger partial charge in [-0.05, 0) is 11.6 Å². The van der Waals surface area contributed by atoms with Crippen molar-refractivity contribution in [2.75, 3.05) is 6.54 Å². The quantitative estimate of drug-likeness (QED) is 0.861. The lowest BCUT2D eigenvalue weighted by molar-refractivity contribution is -0.146. The van der Waals surface area contributed by atoms with Crippen molar-refractivity contribution < 1.29 is 9.53 Å². The van der Waals surface area contributed by atoms with Gasteiger partial charge in [-0.1, -0.05) is 60.1 Å². The molecule has 2 aromatic carbocycles. The molecule has 0 heterocycles. The maximum Gasteiger partial charge on any atom is 0.315 e. The molecule has 0 amide bonds. The van der Waals surface area contributed by atoms with Crippen LogP contribution in [-0.4, -0.2) is 12.5 Å². The van der Waals surface area contributed by atoms with Gasteiger partial charge in [-0.3, -0.25) is 4.79 Å². The summed E-state index contributed by atoms with van der Waals surface area (Å²) >= 11 is 6.02. The SMILES string of the molecule is NCC(C(=O)OCc1ccccc1Cl)c1ccccc1. The molecule has 0 aromatic heterocycles. The number of benzene rings is 2. The summed E-state index contributed by atoms with van der Waals surface area (Å²) in [5.41, 5.74) is 7.32. The van der Waals surface area contributed by atoms with Gasteiger partial charge in [0.05, 0.1) is 5.92 Å². The van der Waals surface area contributed by atoms with Crippen LogP contribution in [0.3, 0.4) is 0 Å². The Morgan fingerprint density at radius 3 is 2.40 bits per heavy atom. The molecule has 0 aliphatic carbocycles. The van der Waals surface area contributed by atoms with Crippen LogP contribution in [0.2, 0.25) is 5.02 Å². The van der Waals surface area contributed by atoms with Crippen molar-refractivity contribution in [1.29, 1.82) is 0 Å². The largest absolute Gasteiger partial charge is 0.460 e. The van der Waals surface area contributed by atoms with E-state index in [9.17, 15) is 4.79 Å². The zero-order chi connectivity index (χ0) is 14.4. The van der Waals surface area contributed by atoms with Crippen LogP contribution < -0.4 is 5.73 Å². The monoisotopic (exact) mass is 289 g/mol. The van der Waals surface area contributed by atoms with Gasteiger partial charge in [0.15, 0.2) is 0 Å². The minimum absolute atomic E-state index is 0.155. The third-order valence-corrected chi connectivity index (χ3v) is 3.42. The van der Waals surface area contributed by atoms with Gasteiger partial charge in [0.1, 0.15) is 6.61 Å². The fraction of sp³-hybridized carbons (Fsp3) is 0.188. The number of halogens is 1. The molecule has 0 fully saturated rings. The molecule has 0 bridgehead atoms. The molecular formula is C16H16ClNO2. The molecule has 0 saturated carbocycles. The van der Waals surface area contributed by atoms with Crippen LogP contribution >= 0.6 is 11.6 Å². The van der Waals surface area contributed by atoms with Gasteiger partial charge in [0, 0.05) is 17.1 Å². The normalized spacial score (nSPS) is 11.9. The first kappa shape index (κ1) is 14.6. The molecule has 3 nitrogen and oxygen atoms in total. The highest BCUT2D eigenvalue weighted by molar-refractivity contribution is 6.31. The summed E-state index contributed by atoms with van der Waals surface area (Å²) in [4.78, 5) is 12.1. The Balaban J connectivity index is 2.02. The van der Waals surface area contributed by atoms with Gasteiger partial charge < -0.3 is 10.5 Å². The summed E-state index contributed by atoms with van der Waals surface area (Å²) in [5, 5.41) is 0.587. The van der Waals surface area contributed by atoms with E-state index in [0.717, 1.165) is 11.1 Å². The molecule has 0 aliphatic rings. The summed E-state index contributed by atoms with van der Waals surface area (Å²) in [7, 11) is 0. The summed E-state index contributed by atoms with van der Waals surface area (Å²) in [6.07, 6.45) is 0. The number of ether oxygens (including phenoxy) is 1. The molecule has 0 spiro atoms. The number of hydrogen-bond acceptors (Lipinski definition) is 3. The van der Waals surface area contributed by atoms with Crippen molar-refractivity contribution in [3.63, 3.8) is 0 Å². The Kier molecular flexibility index (Phi) is 5.16. The highest BCUT2D eigenvalue weighted by atomic mass is 35.5. The van der Waals surface area contributed by atoms with Crippen LogP contribution in [0.4, 0.5) is 0 Å². The first-order valence-corrected chi connectivity index (χ1v) is 6.75. The maximum atomic E-state index is 12.1. The highest BCUT2D eigenvalue weighted by Gasteiger charge is 2.20. The topological polar surface area (TPSA) is 52.3 Å². The van der Waals surface area contributed by atoms with Crippen molar-refractivity contribution in [3.05, 3.63) is 70.7 Å². The second-order valence-electron chi connectivity index (χ2n) is 4.40. The Morgan fingerprint density at radius 1 is 1.10 bits per heavy atom. The van der Waals surface area contributed by atoms with Gasteiger partial charge in [-0.15, -0.1) is 0 Å². The lowest BCUT2D eigenvalue weighted by Crippen LogP contribution is -2.23. The molecule has 20 heavy (non-hydrogen) atoms. The number of rotatable bonds is 5. The fourth-order valence-electron chi connectivity index (χ4n) is 1.92. The first-order chi connectivity index (χ1) is 9.72. The molecule has 0 saturated heterocycles. The molecule has 4 heteroatoms. The highest BCUT2D eigenvalue weighted by Crippen LogP contribution is 2.19. The van der Waals surface area contributed by atoms with Crippen molar-refractivity contribution in [3.8, 4) is 0 Å². The zero-order valence-electron chi connectivity index (χ0n) is 11.0. The van der Waals surface area contributed by atoms with E-state index in [0.29, 0.717) is 5.02 Å². The van der Waals surface area contributed by atoms with Gasteiger partial charge >= 0.3 is 5.97 Å². The Labute approximate surface area is 123 Å². The number of esters is 1. The molecule has 1 atom stereocenters. The van der Waals surface area contributed by atoms with Crippen LogP contribution in [0.25, 0.3) is 0 Å². The summed E-state index contributed by atoms with van der Waals surface area (Å²) in [5.74, 6) is -0.780. The van der Waals surface area contributed by atoms with Crippen molar-refractivity contribution in [2.45, 2.75) is 12.5 Å². The van der Waals surface area contributed by atoms with E-state index in [-0.39, 0.29) is 19.1 Å². The second kappa shape index (κ2) is 7.08. The number of carbonyl (C=O) groups is 1. The van der Waals surface area contributed by atoms with E-state index in [4.69, 9.17) is 22.1 Å². The van der Waals surface area contributed by atoms with E-state index < -0.39 is 5.92 Å². The molecule has 104 valence electrons. The summed E-state index contributed by atoms with van der Waals surface area (Å²) in [6.45, 7) is 0.368. The molecule has 2 N–H and O–H groups in total. The van der Waals surface area contributed by atoms with E-state index in [1.54, 1.807) is 6.07 Å². The summed E-state index contributed by atoms with van der Waals surface area (Å²) < 4.78 is 5.31. The van der Waals surface area contributed by atoms with Crippen LogP contribution in [-0.2, 0) is 16.1 Å². The van der Waals surface area contributed by atoms with Crippen LogP contribution in [0.15, 0.2) is 54.6 Å². The van der Waals surface area contributed by atoms with Crippen molar-refractivity contribution in [2.24, 2.45) is 5.73 Å². The maximum absolute atomic E-state index is 12.1. The molecule has 1 unspecified atom stereocenters. The third kappa shape index (κ3) is 3.59. The minimum Gasteiger partial charge on any atom is -0.460 e. The Hall–Kier alpha value is -1.84. The average molecular weight is 290 g/mol. The summed E-state index contributed by atoms with van der Waals surface area (Å²) in [6, 6.07) is 16.7. The van der Waals surface area contributed by atoms with Crippen LogP contribution in [0.5, 0.6) is 0 Å². The minimum atomic E-state index is -0.446. The predicted molar refractivity (Wildman–Crippen MR) is 79.5 cm³/mol. The van der Waals surface area contributed by atoms with E-state index in [1.165, 1.54) is 0 Å². The smallest absolute Gasteiger partial charge is 0.315 e. The standard InChI is InChI=1S/C16H16ClNO2/c17-15-9-5-4-8-13(15)11-20-16(19)14(10-18)12-6-2-1-3-7-12/h1-9,14H,10-11,18H2. The van der Waals surface area contributed by atoms with E-state index in [1.807, 2.05) is 48.5 Å². The van der Waals surface area contributed by atoms with Crippen molar-refractivity contribution >= 4 is 17.6 Å². The van der Waals surface area contributed by atoms with Crippen molar-refractivity contribution in [1.82, 2.24) is 0 Å². The van der Waals surface area contributed by atoms with Crippen LogP contribution in [0, 0.1) is 0 Å². The fourth-order valence-corrected chi connectivity index (χ4v) is 2.11. The number of hydrogen-bond donors (Lipinski definition) is 1. The average Bonchev–Trinajstić information content (AvgIpc) is 2.48. The lowest BCUT2D eigenvalue weighted by atomic mass is 10.00. The Morgan fingerprint density at radius 2 is 1.75 bits per heavy atom. The molecule has 0 radical (unpaired) electrons. The van der Waals surface area contributed by atoms with Gasteiger partial charge in [-0.2, -0.15) is 0 Å². The molecular weight excluding hydrogens is 274 g/mol. The van der Waals surface area contributed by atoms with Crippen LogP contribution in [0.1, 0.15) is 17.0 Å².